The Bertz CT molecular complexity index is 980. The molecule has 2 N–H and O–H groups in total. The summed E-state index contributed by atoms with van der Waals surface area (Å²) in [6, 6.07) is 9.44. The molecule has 0 aliphatic carbocycles. The normalized spacial score (nSPS) is 21.9. The second-order valence-corrected chi connectivity index (χ2v) is 7.94. The van der Waals surface area contributed by atoms with Crippen molar-refractivity contribution in [3.63, 3.8) is 0 Å². The maximum atomic E-state index is 11.1. The molecule has 0 saturated carbocycles. The second-order valence-electron chi connectivity index (χ2n) is 6.99. The molecule has 3 aromatic rings. The van der Waals surface area contributed by atoms with E-state index in [-0.39, 0.29) is 6.04 Å². The van der Waals surface area contributed by atoms with Crippen LogP contribution >= 0.6 is 11.3 Å². The van der Waals surface area contributed by atoms with E-state index in [2.05, 4.69) is 26.4 Å². The SMILES string of the molecule is C#CCN(C)Cc1nc([C@]2(O)CN[C@@H](c3nc(-c4ccccc4)no3)C2)cs1. The Morgan fingerprint density at radius 3 is 3.00 bits per heavy atom. The summed E-state index contributed by atoms with van der Waals surface area (Å²) in [5.74, 6) is 3.63. The van der Waals surface area contributed by atoms with Crippen LogP contribution in [0.3, 0.4) is 0 Å². The molecule has 1 fully saturated rings. The van der Waals surface area contributed by atoms with E-state index in [4.69, 9.17) is 10.9 Å². The summed E-state index contributed by atoms with van der Waals surface area (Å²) in [7, 11) is 1.95. The monoisotopic (exact) mass is 395 g/mol. The predicted molar refractivity (Wildman–Crippen MR) is 106 cm³/mol. The van der Waals surface area contributed by atoms with Crippen LogP contribution in [0, 0.1) is 12.3 Å². The van der Waals surface area contributed by atoms with Gasteiger partial charge in [0.15, 0.2) is 0 Å². The number of hydrogen-bond donors (Lipinski definition) is 2. The predicted octanol–water partition coefficient (Wildman–Crippen LogP) is 2.18. The number of rotatable bonds is 6. The van der Waals surface area contributed by atoms with Crippen LogP contribution in [0.4, 0.5) is 0 Å². The molecule has 0 bridgehead atoms. The smallest absolute Gasteiger partial charge is 0.244 e. The molecule has 0 radical (unpaired) electrons. The number of nitrogens with one attached hydrogen (secondary N) is 1. The number of β-amino-alcohol motifs (C(OH)–C–C–N with tert-alkyl or cyclic N) is 1. The van der Waals surface area contributed by atoms with Gasteiger partial charge in [0.05, 0.1) is 24.8 Å². The van der Waals surface area contributed by atoms with Crippen LogP contribution in [0.25, 0.3) is 11.4 Å². The Morgan fingerprint density at radius 2 is 2.21 bits per heavy atom. The van der Waals surface area contributed by atoms with Crippen molar-refractivity contribution in [1.82, 2.24) is 25.3 Å². The highest BCUT2D eigenvalue weighted by Crippen LogP contribution is 2.37. The Balaban J connectivity index is 1.46. The van der Waals surface area contributed by atoms with Crippen molar-refractivity contribution in [2.24, 2.45) is 0 Å². The summed E-state index contributed by atoms with van der Waals surface area (Å²) < 4.78 is 5.44. The first-order valence-electron chi connectivity index (χ1n) is 8.99. The number of aromatic nitrogens is 3. The van der Waals surface area contributed by atoms with Crippen molar-refractivity contribution in [2.45, 2.75) is 24.6 Å². The number of hydrogen-bond acceptors (Lipinski definition) is 8. The molecular weight excluding hydrogens is 374 g/mol. The van der Waals surface area contributed by atoms with Gasteiger partial charge in [0.1, 0.15) is 10.6 Å². The molecular formula is C20H21N5O2S. The lowest BCUT2D eigenvalue weighted by Gasteiger charge is -2.18. The van der Waals surface area contributed by atoms with Crippen LogP contribution < -0.4 is 5.32 Å². The third kappa shape index (κ3) is 3.84. The van der Waals surface area contributed by atoms with Crippen LogP contribution in [0.1, 0.15) is 29.1 Å². The van der Waals surface area contributed by atoms with E-state index >= 15 is 0 Å². The summed E-state index contributed by atoms with van der Waals surface area (Å²) in [6.07, 6.45) is 5.76. The quantitative estimate of drug-likeness (QED) is 0.619. The van der Waals surface area contributed by atoms with Gasteiger partial charge >= 0.3 is 0 Å². The highest BCUT2D eigenvalue weighted by Gasteiger charge is 2.43. The first-order chi connectivity index (χ1) is 13.6. The summed E-state index contributed by atoms with van der Waals surface area (Å²) >= 11 is 1.53. The van der Waals surface area contributed by atoms with Gasteiger partial charge in [0.2, 0.25) is 11.7 Å². The van der Waals surface area contributed by atoms with Gasteiger partial charge in [-0.3, -0.25) is 4.90 Å². The maximum Gasteiger partial charge on any atom is 0.244 e. The largest absolute Gasteiger partial charge is 0.382 e. The molecule has 0 spiro atoms. The van der Waals surface area contributed by atoms with E-state index < -0.39 is 5.60 Å². The van der Waals surface area contributed by atoms with Crippen LogP contribution in [0.2, 0.25) is 0 Å². The molecule has 7 nitrogen and oxygen atoms in total. The van der Waals surface area contributed by atoms with Crippen molar-refractivity contribution >= 4 is 11.3 Å². The fraction of sp³-hybridized carbons (Fsp3) is 0.350. The molecule has 0 unspecified atom stereocenters. The zero-order valence-electron chi connectivity index (χ0n) is 15.5. The zero-order valence-corrected chi connectivity index (χ0v) is 16.3. The minimum absolute atomic E-state index is 0.218. The first kappa shape index (κ1) is 18.8. The van der Waals surface area contributed by atoms with E-state index in [0.717, 1.165) is 10.6 Å². The van der Waals surface area contributed by atoms with Crippen molar-refractivity contribution in [3.05, 3.63) is 52.3 Å². The molecule has 2 atom stereocenters. The van der Waals surface area contributed by atoms with E-state index in [0.29, 0.717) is 43.5 Å². The molecule has 1 aromatic carbocycles. The fourth-order valence-corrected chi connectivity index (χ4v) is 4.23. The minimum Gasteiger partial charge on any atom is -0.382 e. The maximum absolute atomic E-state index is 11.1. The summed E-state index contributed by atoms with van der Waals surface area (Å²) in [6.45, 7) is 1.60. The molecule has 0 amide bonds. The van der Waals surface area contributed by atoms with E-state index in [1.807, 2.05) is 47.7 Å². The fourth-order valence-electron chi connectivity index (χ4n) is 3.26. The lowest BCUT2D eigenvalue weighted by molar-refractivity contribution is 0.0507. The standard InChI is InChI=1S/C20H21N5O2S/c1-3-9-25(2)11-17-22-16(12-28-17)20(26)10-15(21-13-20)19-23-18(24-27-19)14-7-5-4-6-8-14/h1,4-8,12,15,21,26H,9-11,13H2,2H3/t15-,20-/m1/s1. The van der Waals surface area contributed by atoms with Gasteiger partial charge in [-0.15, -0.1) is 17.8 Å². The van der Waals surface area contributed by atoms with Gasteiger partial charge in [0.25, 0.3) is 0 Å². The summed E-state index contributed by atoms with van der Waals surface area (Å²) in [5, 5.41) is 21.3. The van der Waals surface area contributed by atoms with Crippen LogP contribution in [-0.4, -0.2) is 45.3 Å². The number of thiazole rings is 1. The summed E-state index contributed by atoms with van der Waals surface area (Å²) in [4.78, 5) is 11.1. The molecule has 28 heavy (non-hydrogen) atoms. The molecule has 2 aromatic heterocycles. The molecule has 1 aliphatic heterocycles. The van der Waals surface area contributed by atoms with E-state index in [9.17, 15) is 5.11 Å². The van der Waals surface area contributed by atoms with Crippen LogP contribution in [0.5, 0.6) is 0 Å². The average Bonchev–Trinajstić information content (AvgIpc) is 3.42. The molecule has 8 heteroatoms. The number of terminal acetylenes is 1. The molecule has 3 heterocycles. The van der Waals surface area contributed by atoms with Crippen molar-refractivity contribution in [2.75, 3.05) is 20.1 Å². The third-order valence-corrected chi connectivity index (χ3v) is 5.58. The van der Waals surface area contributed by atoms with Gasteiger partial charge < -0.3 is 14.9 Å². The van der Waals surface area contributed by atoms with Crippen molar-refractivity contribution < 1.29 is 9.63 Å². The molecule has 144 valence electrons. The highest BCUT2D eigenvalue weighted by molar-refractivity contribution is 7.09. The lowest BCUT2D eigenvalue weighted by Crippen LogP contribution is -2.28. The first-order valence-corrected chi connectivity index (χ1v) is 9.87. The Kier molecular flexibility index (Phi) is 5.24. The van der Waals surface area contributed by atoms with Gasteiger partial charge in [-0.05, 0) is 7.05 Å². The molecule has 4 rings (SSSR count). The van der Waals surface area contributed by atoms with Gasteiger partial charge in [-0.2, -0.15) is 4.98 Å². The minimum atomic E-state index is -1.06. The van der Waals surface area contributed by atoms with Gasteiger partial charge in [-0.25, -0.2) is 4.98 Å². The van der Waals surface area contributed by atoms with Crippen molar-refractivity contribution in [3.8, 4) is 23.7 Å². The average molecular weight is 395 g/mol. The zero-order chi connectivity index (χ0) is 19.6. The van der Waals surface area contributed by atoms with Crippen LogP contribution in [-0.2, 0) is 12.1 Å². The van der Waals surface area contributed by atoms with Crippen molar-refractivity contribution in [1.29, 1.82) is 0 Å². The lowest BCUT2D eigenvalue weighted by atomic mass is 9.97. The molecule has 1 aliphatic rings. The molecule has 1 saturated heterocycles. The van der Waals surface area contributed by atoms with E-state index in [1.54, 1.807) is 0 Å². The van der Waals surface area contributed by atoms with E-state index in [1.165, 1.54) is 11.3 Å². The Labute approximate surface area is 167 Å². The topological polar surface area (TPSA) is 87.3 Å². The second kappa shape index (κ2) is 7.81. The van der Waals surface area contributed by atoms with Crippen LogP contribution in [0.15, 0.2) is 40.2 Å². The Morgan fingerprint density at radius 1 is 1.39 bits per heavy atom. The number of nitrogens with zero attached hydrogens (tertiary/aromatic N) is 4. The summed E-state index contributed by atoms with van der Waals surface area (Å²) in [5.41, 5.74) is 0.497. The number of aliphatic hydroxyl groups is 1. The third-order valence-electron chi connectivity index (χ3n) is 4.75. The van der Waals surface area contributed by atoms with Gasteiger partial charge in [-0.1, -0.05) is 41.4 Å². The Hall–Kier alpha value is -2.57. The number of benzene rings is 1. The highest BCUT2D eigenvalue weighted by atomic mass is 32.1. The van der Waals surface area contributed by atoms with Gasteiger partial charge in [0, 0.05) is 23.9 Å².